The molecule has 0 amide bonds. The Bertz CT molecular complexity index is 1510. The molecule has 3 aromatic heterocycles. The SMILES string of the molecule is Cc1cc(F)cc(-c2cc3c(N[C@H](C)c4ccc(C(=O)O)cc4)nc(-c4cccnc4)nc3s2)c1. The quantitative estimate of drug-likeness (QED) is 0.278. The lowest BCUT2D eigenvalue weighted by molar-refractivity contribution is 0.0697. The van der Waals surface area contributed by atoms with Crippen LogP contribution in [0.1, 0.15) is 34.5 Å². The Balaban J connectivity index is 1.59. The maximum atomic E-state index is 14.1. The summed E-state index contributed by atoms with van der Waals surface area (Å²) in [5.74, 6) is -0.0739. The Kier molecular flexibility index (Phi) is 5.96. The summed E-state index contributed by atoms with van der Waals surface area (Å²) in [4.78, 5) is 26.6. The maximum absolute atomic E-state index is 14.1. The minimum atomic E-state index is -0.964. The van der Waals surface area contributed by atoms with Gasteiger partial charge in [-0.15, -0.1) is 11.3 Å². The van der Waals surface area contributed by atoms with Crippen LogP contribution in [0.3, 0.4) is 0 Å². The average molecular weight is 485 g/mol. The molecule has 5 rings (SSSR count). The average Bonchev–Trinajstić information content (AvgIpc) is 3.29. The summed E-state index contributed by atoms with van der Waals surface area (Å²) < 4.78 is 14.1. The van der Waals surface area contributed by atoms with Crippen molar-refractivity contribution in [1.82, 2.24) is 15.0 Å². The van der Waals surface area contributed by atoms with E-state index in [-0.39, 0.29) is 17.4 Å². The van der Waals surface area contributed by atoms with Gasteiger partial charge in [-0.3, -0.25) is 4.98 Å². The molecule has 174 valence electrons. The Labute approximate surface area is 205 Å². The second-order valence-corrected chi connectivity index (χ2v) is 9.31. The topological polar surface area (TPSA) is 88.0 Å². The number of nitrogens with one attached hydrogen (secondary N) is 1. The van der Waals surface area contributed by atoms with Gasteiger partial charge in [-0.1, -0.05) is 18.2 Å². The number of halogens is 1. The van der Waals surface area contributed by atoms with Crippen molar-refractivity contribution in [3.05, 3.63) is 95.6 Å². The number of rotatable bonds is 6. The lowest BCUT2D eigenvalue weighted by Gasteiger charge is -2.16. The number of hydrogen-bond donors (Lipinski definition) is 2. The zero-order valence-corrected chi connectivity index (χ0v) is 19.8. The van der Waals surface area contributed by atoms with Gasteiger partial charge in [-0.05, 0) is 73.0 Å². The highest BCUT2D eigenvalue weighted by Crippen LogP contribution is 2.38. The Morgan fingerprint density at radius 1 is 1.06 bits per heavy atom. The van der Waals surface area contributed by atoms with Gasteiger partial charge in [0.15, 0.2) is 5.82 Å². The third-order valence-corrected chi connectivity index (χ3v) is 6.73. The van der Waals surface area contributed by atoms with Crippen LogP contribution in [0.15, 0.2) is 73.1 Å². The molecule has 2 N–H and O–H groups in total. The van der Waals surface area contributed by atoms with Gasteiger partial charge in [-0.2, -0.15) is 0 Å². The van der Waals surface area contributed by atoms with Gasteiger partial charge < -0.3 is 10.4 Å². The Morgan fingerprint density at radius 3 is 2.54 bits per heavy atom. The smallest absolute Gasteiger partial charge is 0.335 e. The summed E-state index contributed by atoms with van der Waals surface area (Å²) in [5, 5.41) is 13.5. The van der Waals surface area contributed by atoms with E-state index in [0.29, 0.717) is 11.6 Å². The van der Waals surface area contributed by atoms with E-state index in [9.17, 15) is 14.3 Å². The first-order valence-corrected chi connectivity index (χ1v) is 11.8. The minimum Gasteiger partial charge on any atom is -0.478 e. The standard InChI is InChI=1S/C27H21FN4O2S/c1-15-10-20(12-21(28)11-15)23-13-22-25(30-16(2)17-5-7-18(8-6-17)27(33)34)31-24(32-26(22)35-23)19-4-3-9-29-14-19/h3-14,16H,1-2H3,(H,33,34)(H,30,31,32)/t16-/m1/s1. The molecular formula is C27H21FN4O2S. The molecule has 8 heteroatoms. The molecule has 0 aliphatic heterocycles. The number of thiophene rings is 1. The molecule has 0 fully saturated rings. The molecule has 6 nitrogen and oxygen atoms in total. The molecule has 0 aliphatic rings. The number of nitrogens with zero attached hydrogens (tertiary/aromatic N) is 3. The van der Waals surface area contributed by atoms with Crippen molar-refractivity contribution in [2.24, 2.45) is 0 Å². The number of aryl methyl sites for hydroxylation is 1. The van der Waals surface area contributed by atoms with Gasteiger partial charge in [0.05, 0.1) is 10.9 Å². The predicted octanol–water partition coefficient (Wildman–Crippen LogP) is 6.74. The lowest BCUT2D eigenvalue weighted by atomic mass is 10.1. The number of carboxylic acid groups (broad SMARTS) is 1. The number of pyridine rings is 1. The highest BCUT2D eigenvalue weighted by atomic mass is 32.1. The highest BCUT2D eigenvalue weighted by molar-refractivity contribution is 7.22. The summed E-state index contributed by atoms with van der Waals surface area (Å²) in [6, 6.07) is 17.3. The summed E-state index contributed by atoms with van der Waals surface area (Å²) in [7, 11) is 0. The molecule has 5 aromatic rings. The van der Waals surface area contributed by atoms with Crippen LogP contribution in [0.4, 0.5) is 10.2 Å². The fourth-order valence-electron chi connectivity index (χ4n) is 3.88. The van der Waals surface area contributed by atoms with Crippen molar-refractivity contribution in [3.8, 4) is 21.8 Å². The van der Waals surface area contributed by atoms with Crippen LogP contribution in [-0.4, -0.2) is 26.0 Å². The number of carboxylic acids is 1. The molecule has 0 aliphatic carbocycles. The molecule has 0 saturated carbocycles. The van der Waals surface area contributed by atoms with Crippen LogP contribution >= 0.6 is 11.3 Å². The summed E-state index contributed by atoms with van der Waals surface area (Å²) >= 11 is 1.48. The van der Waals surface area contributed by atoms with E-state index in [0.717, 1.165) is 37.3 Å². The predicted molar refractivity (Wildman–Crippen MR) is 136 cm³/mol. The van der Waals surface area contributed by atoms with Gasteiger partial charge in [0, 0.05) is 28.9 Å². The van der Waals surface area contributed by atoms with Gasteiger partial charge in [-0.25, -0.2) is 19.2 Å². The molecule has 35 heavy (non-hydrogen) atoms. The molecule has 0 unspecified atom stereocenters. The van der Waals surface area contributed by atoms with E-state index in [4.69, 9.17) is 9.97 Å². The van der Waals surface area contributed by atoms with E-state index >= 15 is 0 Å². The van der Waals surface area contributed by atoms with E-state index < -0.39 is 5.97 Å². The normalized spacial score (nSPS) is 12.0. The second-order valence-electron chi connectivity index (χ2n) is 8.28. The fourth-order valence-corrected chi connectivity index (χ4v) is 4.90. The first-order valence-electron chi connectivity index (χ1n) is 11.0. The highest BCUT2D eigenvalue weighted by Gasteiger charge is 2.17. The zero-order chi connectivity index (χ0) is 24.5. The van der Waals surface area contributed by atoms with Gasteiger partial charge in [0.25, 0.3) is 0 Å². The third-order valence-electron chi connectivity index (χ3n) is 5.65. The largest absolute Gasteiger partial charge is 0.478 e. The molecule has 0 saturated heterocycles. The van der Waals surface area contributed by atoms with Crippen molar-refractivity contribution in [2.75, 3.05) is 5.32 Å². The van der Waals surface area contributed by atoms with Crippen molar-refractivity contribution < 1.29 is 14.3 Å². The van der Waals surface area contributed by atoms with Crippen LogP contribution in [0.2, 0.25) is 0 Å². The van der Waals surface area contributed by atoms with Crippen LogP contribution in [0, 0.1) is 12.7 Å². The molecular weight excluding hydrogens is 463 g/mol. The van der Waals surface area contributed by atoms with Crippen LogP contribution in [-0.2, 0) is 0 Å². The molecule has 0 radical (unpaired) electrons. The first-order chi connectivity index (χ1) is 16.9. The summed E-state index contributed by atoms with van der Waals surface area (Å²) in [6.07, 6.45) is 3.41. The van der Waals surface area contributed by atoms with Crippen molar-refractivity contribution in [1.29, 1.82) is 0 Å². The number of benzene rings is 2. The summed E-state index contributed by atoms with van der Waals surface area (Å²) in [5.41, 5.74) is 3.57. The Morgan fingerprint density at radius 2 is 1.86 bits per heavy atom. The van der Waals surface area contributed by atoms with Gasteiger partial charge in [0.2, 0.25) is 0 Å². The zero-order valence-electron chi connectivity index (χ0n) is 19.0. The van der Waals surface area contributed by atoms with E-state index in [1.165, 1.54) is 23.5 Å². The number of aromatic nitrogens is 3. The molecule has 2 aromatic carbocycles. The van der Waals surface area contributed by atoms with Crippen LogP contribution < -0.4 is 5.32 Å². The van der Waals surface area contributed by atoms with Crippen molar-refractivity contribution >= 4 is 33.3 Å². The molecule has 0 spiro atoms. The van der Waals surface area contributed by atoms with Crippen LogP contribution in [0.25, 0.3) is 32.0 Å². The maximum Gasteiger partial charge on any atom is 0.335 e. The monoisotopic (exact) mass is 484 g/mol. The number of fused-ring (bicyclic) bond motifs is 1. The fraction of sp³-hybridized carbons (Fsp3) is 0.111. The number of hydrogen-bond acceptors (Lipinski definition) is 6. The van der Waals surface area contributed by atoms with E-state index in [2.05, 4.69) is 10.3 Å². The Hall–Kier alpha value is -4.17. The molecule has 0 bridgehead atoms. The van der Waals surface area contributed by atoms with Crippen molar-refractivity contribution in [2.45, 2.75) is 19.9 Å². The number of anilines is 1. The number of aromatic carboxylic acids is 1. The van der Waals surface area contributed by atoms with E-state index in [1.54, 1.807) is 36.7 Å². The molecule has 3 heterocycles. The van der Waals surface area contributed by atoms with Crippen LogP contribution in [0.5, 0.6) is 0 Å². The number of carbonyl (C=O) groups is 1. The summed E-state index contributed by atoms with van der Waals surface area (Å²) in [6.45, 7) is 3.85. The van der Waals surface area contributed by atoms with Gasteiger partial charge in [0.1, 0.15) is 16.5 Å². The third kappa shape index (κ3) is 4.74. The minimum absolute atomic E-state index is 0.155. The lowest BCUT2D eigenvalue weighted by Crippen LogP contribution is -2.09. The van der Waals surface area contributed by atoms with Crippen molar-refractivity contribution in [3.63, 3.8) is 0 Å². The first kappa shape index (κ1) is 22.6. The van der Waals surface area contributed by atoms with E-state index in [1.807, 2.05) is 38.1 Å². The van der Waals surface area contributed by atoms with Gasteiger partial charge >= 0.3 is 5.97 Å². The molecule has 1 atom stereocenters. The second kappa shape index (κ2) is 9.23.